The molecule has 0 bridgehead atoms. The van der Waals surface area contributed by atoms with Gasteiger partial charge in [-0.3, -0.25) is 52.7 Å². The lowest BCUT2D eigenvalue weighted by molar-refractivity contribution is -0.143. The highest BCUT2D eigenvalue weighted by molar-refractivity contribution is 8.76. The van der Waals surface area contributed by atoms with Crippen LogP contribution in [0.25, 0.3) is 0 Å². The number of benzene rings is 2. The van der Waals surface area contributed by atoms with E-state index in [2.05, 4.69) is 52.5 Å². The van der Waals surface area contributed by atoms with Crippen molar-refractivity contribution < 1.29 is 63.0 Å². The minimum Gasteiger partial charge on any atom is -0.481 e. The fourth-order valence-corrected chi connectivity index (χ4v) is 11.5. The lowest BCUT2D eigenvalue weighted by atomic mass is 9.96. The molecule has 3 heterocycles. The molecule has 2 aliphatic heterocycles. The summed E-state index contributed by atoms with van der Waals surface area (Å²) in [5.41, 5.74) is 13.7. The zero-order chi connectivity index (χ0) is 60.9. The first kappa shape index (κ1) is 66.2. The van der Waals surface area contributed by atoms with Gasteiger partial charge >= 0.3 is 5.97 Å². The number of hydrogen-bond donors (Lipinski definition) is 13. The predicted octanol–water partition coefficient (Wildman–Crippen LogP) is -1.54. The highest BCUT2D eigenvalue weighted by Crippen LogP contribution is 2.25. The SMILES string of the molecule is CC[C@H](C)[C@H](NC(=O)[C@@H]1CSSC[C@H](N)C(=O)N[C@@H](CC(=O)O)C(=O)N[C@@H]([C@@H](C)O)C(=O)N[C@@H](Cc2cnc[nH]2)C(=O)N[C@@H](Cc2ccccc2)C(=O)N2CCC[C@H]2C(=O)N[C@@H]([C@@H](C)CC)C(=O)N1)C(=O)N[C@@H](Cc1ccccc1)C(N)=O. The third kappa shape index (κ3) is 19.8. The van der Waals surface area contributed by atoms with Crippen molar-refractivity contribution in [3.8, 4) is 0 Å². The summed E-state index contributed by atoms with van der Waals surface area (Å²) in [6, 6.07) is 3.14. The second-order valence-electron chi connectivity index (χ2n) is 20.8. The molecule has 10 amide bonds. The number of aliphatic carboxylic acids is 1. The Hall–Kier alpha value is -7.56. The Bertz CT molecular complexity index is 2730. The Labute approximate surface area is 488 Å². The van der Waals surface area contributed by atoms with E-state index in [1.165, 1.54) is 17.4 Å². The lowest BCUT2D eigenvalue weighted by Gasteiger charge is -2.32. The van der Waals surface area contributed by atoms with E-state index in [4.69, 9.17) is 11.5 Å². The van der Waals surface area contributed by atoms with Crippen LogP contribution in [0.5, 0.6) is 0 Å². The first-order valence-corrected chi connectivity index (χ1v) is 30.0. The summed E-state index contributed by atoms with van der Waals surface area (Å²) in [4.78, 5) is 162. The third-order valence-corrected chi connectivity index (χ3v) is 16.9. The van der Waals surface area contributed by atoms with Crippen molar-refractivity contribution in [3.63, 3.8) is 0 Å². The highest BCUT2D eigenvalue weighted by Gasteiger charge is 2.42. The molecular formula is C55H77N13O13S2. The number of hydrogen-bond acceptors (Lipinski definition) is 16. The minimum absolute atomic E-state index is 0.0550. The number of fused-ring (bicyclic) bond motifs is 1. The van der Waals surface area contributed by atoms with E-state index in [0.717, 1.165) is 28.5 Å². The van der Waals surface area contributed by atoms with E-state index < -0.39 is 150 Å². The number of H-pyrrole nitrogens is 1. The van der Waals surface area contributed by atoms with Gasteiger partial charge in [0.2, 0.25) is 59.1 Å². The highest BCUT2D eigenvalue weighted by atomic mass is 33.1. The van der Waals surface area contributed by atoms with Gasteiger partial charge in [-0.1, -0.05) is 123 Å². The summed E-state index contributed by atoms with van der Waals surface area (Å²) in [5, 5.41) is 41.5. The van der Waals surface area contributed by atoms with E-state index in [1.807, 2.05) is 0 Å². The Kier molecular flexibility index (Phi) is 25.8. The van der Waals surface area contributed by atoms with Crippen molar-refractivity contribution in [1.29, 1.82) is 0 Å². The summed E-state index contributed by atoms with van der Waals surface area (Å²) in [6.45, 7) is 8.21. The molecule has 83 heavy (non-hydrogen) atoms. The number of aromatic nitrogens is 2. The quantitative estimate of drug-likeness (QED) is 0.0642. The fourth-order valence-electron chi connectivity index (χ4n) is 9.23. The van der Waals surface area contributed by atoms with Crippen molar-refractivity contribution in [2.45, 2.75) is 153 Å². The topological polar surface area (TPSA) is 408 Å². The maximum Gasteiger partial charge on any atom is 0.305 e. The number of amides is 10. The van der Waals surface area contributed by atoms with Crippen LogP contribution in [-0.2, 0) is 72.0 Å². The van der Waals surface area contributed by atoms with E-state index in [9.17, 15) is 63.0 Å². The van der Waals surface area contributed by atoms with Crippen LogP contribution >= 0.6 is 21.6 Å². The molecule has 2 aliphatic rings. The van der Waals surface area contributed by atoms with Gasteiger partial charge in [0.1, 0.15) is 54.4 Å². The number of primary amides is 1. The van der Waals surface area contributed by atoms with Crippen molar-refractivity contribution >= 4 is 86.6 Å². The van der Waals surface area contributed by atoms with Crippen molar-refractivity contribution in [3.05, 3.63) is 90.0 Å². The molecule has 13 atom stereocenters. The van der Waals surface area contributed by atoms with Gasteiger partial charge in [-0.25, -0.2) is 4.98 Å². The maximum absolute atomic E-state index is 14.9. The van der Waals surface area contributed by atoms with Gasteiger partial charge in [0.05, 0.1) is 24.9 Å². The van der Waals surface area contributed by atoms with Gasteiger partial charge in [-0.05, 0) is 42.7 Å². The number of nitrogens with one attached hydrogen (secondary N) is 9. The maximum atomic E-state index is 14.9. The fraction of sp³-hybridized carbons (Fsp3) is 0.527. The Morgan fingerprint density at radius 3 is 1.93 bits per heavy atom. The van der Waals surface area contributed by atoms with Crippen LogP contribution in [0.15, 0.2) is 73.2 Å². The minimum atomic E-state index is -1.85. The van der Waals surface area contributed by atoms with Gasteiger partial charge in [0.15, 0.2) is 0 Å². The van der Waals surface area contributed by atoms with E-state index >= 15 is 0 Å². The lowest BCUT2D eigenvalue weighted by Crippen LogP contribution is -2.62. The molecule has 0 aliphatic carbocycles. The monoisotopic (exact) mass is 1190 g/mol. The first-order valence-electron chi connectivity index (χ1n) is 27.5. The molecular weight excluding hydrogens is 1110 g/mol. The Morgan fingerprint density at radius 2 is 1.33 bits per heavy atom. The van der Waals surface area contributed by atoms with Gasteiger partial charge in [0, 0.05) is 49.2 Å². The zero-order valence-electron chi connectivity index (χ0n) is 47.0. The number of aliphatic hydroxyl groups is 1. The molecule has 0 unspecified atom stereocenters. The first-order chi connectivity index (χ1) is 39.5. The van der Waals surface area contributed by atoms with Crippen LogP contribution in [0.4, 0.5) is 0 Å². The number of rotatable bonds is 18. The Balaban J connectivity index is 1.53. The van der Waals surface area contributed by atoms with Gasteiger partial charge in [0.25, 0.3) is 0 Å². The second kappa shape index (κ2) is 32.3. The number of carbonyl (C=O) groups excluding carboxylic acids is 10. The second-order valence-corrected chi connectivity index (χ2v) is 23.4. The Morgan fingerprint density at radius 1 is 0.723 bits per heavy atom. The van der Waals surface area contributed by atoms with Crippen LogP contribution < -0.4 is 54.0 Å². The molecule has 3 aromatic rings. The standard InChI is InChI=1S/C55H77N13O13S2/c1-6-29(3)43(52(78)60-36(46(57)72)21-32-15-10-8-11-16-32)65-50(76)40-27-83-82-26-35(56)47(73)61-38(24-42(70)71)49(75)67-45(31(5)69)54(80)62-37(23-34-25-58-28-59-34)48(74)63-39(22-33-17-12-9-13-18-33)55(81)68-20-14-19-41(68)51(77)66-44(30(4)7-2)53(79)64-40/h8-13,15-18,25,28-31,35-41,43-45,69H,6-7,14,19-24,26-27,56H2,1-5H3,(H2,57,72)(H,58,59)(H,60,78)(H,61,73)(H,62,80)(H,63,74)(H,64,79)(H,65,76)(H,66,77)(H,67,75)(H,70,71)/t29-,30-,31+,35-,36-,37-,38-,39-,40-,41-,43-,44-,45-/m0/s1. The molecule has 1 aromatic heterocycles. The molecule has 2 fully saturated rings. The summed E-state index contributed by atoms with van der Waals surface area (Å²) in [6.07, 6.45) is 0.987. The van der Waals surface area contributed by atoms with Gasteiger partial charge < -0.3 is 74.1 Å². The molecule has 2 aromatic carbocycles. The van der Waals surface area contributed by atoms with E-state index in [1.54, 1.807) is 88.4 Å². The summed E-state index contributed by atoms with van der Waals surface area (Å²) >= 11 is 0. The number of imidazole rings is 1. The molecule has 0 saturated carbocycles. The molecule has 452 valence electrons. The van der Waals surface area contributed by atoms with Crippen molar-refractivity contribution in [2.24, 2.45) is 23.3 Å². The summed E-state index contributed by atoms with van der Waals surface area (Å²) in [7, 11) is 1.94. The van der Waals surface area contributed by atoms with Gasteiger partial charge in [-0.2, -0.15) is 0 Å². The molecule has 28 heteroatoms. The van der Waals surface area contributed by atoms with Crippen LogP contribution in [-0.4, -0.2) is 175 Å². The predicted molar refractivity (Wildman–Crippen MR) is 308 cm³/mol. The van der Waals surface area contributed by atoms with Crippen molar-refractivity contribution in [2.75, 3.05) is 18.1 Å². The summed E-state index contributed by atoms with van der Waals surface area (Å²) in [5.74, 6) is -11.9. The molecule has 2 saturated heterocycles. The largest absolute Gasteiger partial charge is 0.481 e. The number of aliphatic hydroxyl groups excluding tert-OH is 1. The van der Waals surface area contributed by atoms with E-state index in [-0.39, 0.29) is 43.7 Å². The molecule has 5 rings (SSSR count). The zero-order valence-corrected chi connectivity index (χ0v) is 48.6. The molecule has 0 radical (unpaired) electrons. The number of carbonyl (C=O) groups is 11. The molecule has 15 N–H and O–H groups in total. The summed E-state index contributed by atoms with van der Waals surface area (Å²) < 4.78 is 0. The van der Waals surface area contributed by atoms with Crippen LogP contribution in [0.1, 0.15) is 83.5 Å². The average Bonchev–Trinajstić information content (AvgIpc) is 4.42. The number of carboxylic acid groups (broad SMARTS) is 1. The number of aromatic amines is 1. The average molecular weight is 1190 g/mol. The third-order valence-electron chi connectivity index (χ3n) is 14.5. The molecule has 26 nitrogen and oxygen atoms in total. The van der Waals surface area contributed by atoms with Crippen LogP contribution in [0.3, 0.4) is 0 Å². The van der Waals surface area contributed by atoms with Crippen LogP contribution in [0.2, 0.25) is 0 Å². The van der Waals surface area contributed by atoms with E-state index in [0.29, 0.717) is 36.1 Å². The smallest absolute Gasteiger partial charge is 0.305 e. The van der Waals surface area contributed by atoms with Gasteiger partial charge in [-0.15, -0.1) is 0 Å². The number of carboxylic acids is 1. The molecule has 0 spiro atoms. The number of nitrogens with zero attached hydrogens (tertiary/aromatic N) is 2. The van der Waals surface area contributed by atoms with Crippen molar-refractivity contribution in [1.82, 2.24) is 57.4 Å². The normalized spacial score (nSPS) is 24.8. The number of nitrogens with two attached hydrogens (primary N) is 2. The van der Waals surface area contributed by atoms with Crippen LogP contribution in [0, 0.1) is 11.8 Å².